The Balaban J connectivity index is 1.62. The van der Waals surface area contributed by atoms with Gasteiger partial charge in [0.25, 0.3) is 0 Å². The molecule has 0 bridgehead atoms. The average Bonchev–Trinajstić information content (AvgIpc) is 3.17. The van der Waals surface area contributed by atoms with Crippen molar-refractivity contribution in [3.63, 3.8) is 0 Å². The molecule has 7 nitrogen and oxygen atoms in total. The summed E-state index contributed by atoms with van der Waals surface area (Å²) in [6, 6.07) is 7.46. The summed E-state index contributed by atoms with van der Waals surface area (Å²) < 4.78 is 17.4. The van der Waals surface area contributed by atoms with Gasteiger partial charge in [-0.25, -0.2) is 9.78 Å². The van der Waals surface area contributed by atoms with Crippen LogP contribution in [0.2, 0.25) is 0 Å². The minimum atomic E-state index is -0.640. The van der Waals surface area contributed by atoms with Crippen LogP contribution in [0.5, 0.6) is 0 Å². The molecule has 0 saturated heterocycles. The summed E-state index contributed by atoms with van der Waals surface area (Å²) in [5, 5.41) is 0. The van der Waals surface area contributed by atoms with Crippen molar-refractivity contribution in [3.05, 3.63) is 53.6 Å². The molecule has 2 unspecified atom stereocenters. The zero-order valence-electron chi connectivity index (χ0n) is 22.5. The Morgan fingerprint density at radius 3 is 2.47 bits per heavy atom. The Bertz CT molecular complexity index is 1060. The summed E-state index contributed by atoms with van der Waals surface area (Å²) in [6.07, 6.45) is 3.85. The van der Waals surface area contributed by atoms with Crippen molar-refractivity contribution in [2.45, 2.75) is 86.0 Å². The fourth-order valence-corrected chi connectivity index (χ4v) is 4.84. The number of carbonyl (C=O) groups is 2. The molecular weight excluding hydrogens is 456 g/mol. The minimum Gasteiger partial charge on any atom is -0.441 e. The molecular formula is C29H40N2O5. The number of benzene rings is 1. The molecule has 1 heterocycles. The second-order valence-corrected chi connectivity index (χ2v) is 10.3. The number of esters is 1. The van der Waals surface area contributed by atoms with Crippen molar-refractivity contribution in [1.29, 1.82) is 0 Å². The third-order valence-electron chi connectivity index (χ3n) is 6.72. The molecule has 0 aliphatic heterocycles. The highest BCUT2D eigenvalue weighted by Crippen LogP contribution is 2.30. The first-order chi connectivity index (χ1) is 17.0. The first kappa shape index (κ1) is 27.7. The van der Waals surface area contributed by atoms with E-state index in [1.807, 2.05) is 52.0 Å². The maximum Gasteiger partial charge on any atom is 0.334 e. The predicted molar refractivity (Wildman–Crippen MR) is 139 cm³/mol. The zero-order valence-corrected chi connectivity index (χ0v) is 22.5. The van der Waals surface area contributed by atoms with Crippen LogP contribution in [0.4, 0.5) is 0 Å². The molecule has 3 atom stereocenters. The fourth-order valence-electron chi connectivity index (χ4n) is 4.84. The first-order valence-corrected chi connectivity index (χ1v) is 12.8. The Labute approximate surface area is 214 Å². The summed E-state index contributed by atoms with van der Waals surface area (Å²) in [7, 11) is 0. The Hall–Kier alpha value is -2.93. The number of nitrogens with zero attached hydrogens (tertiary/aromatic N) is 2. The van der Waals surface area contributed by atoms with E-state index in [4.69, 9.17) is 13.9 Å². The second kappa shape index (κ2) is 12.3. The van der Waals surface area contributed by atoms with Crippen molar-refractivity contribution < 1.29 is 23.5 Å². The number of hydrogen-bond donors (Lipinski definition) is 0. The van der Waals surface area contributed by atoms with Gasteiger partial charge in [0.15, 0.2) is 0 Å². The monoisotopic (exact) mass is 496 g/mol. The van der Waals surface area contributed by atoms with E-state index >= 15 is 0 Å². The lowest BCUT2D eigenvalue weighted by Gasteiger charge is -2.37. The van der Waals surface area contributed by atoms with Gasteiger partial charge in [0.1, 0.15) is 17.5 Å². The van der Waals surface area contributed by atoms with Crippen molar-refractivity contribution >= 4 is 11.9 Å². The van der Waals surface area contributed by atoms with Gasteiger partial charge in [-0.2, -0.15) is 0 Å². The van der Waals surface area contributed by atoms with Crippen LogP contribution in [0.1, 0.15) is 70.4 Å². The van der Waals surface area contributed by atoms with Crippen LogP contribution in [0.3, 0.4) is 0 Å². The quantitative estimate of drug-likeness (QED) is 0.297. The molecule has 1 aromatic carbocycles. The molecule has 7 heteroatoms. The molecule has 2 aromatic rings. The van der Waals surface area contributed by atoms with Crippen molar-refractivity contribution in [3.8, 4) is 11.5 Å². The normalized spacial score (nSPS) is 18.6. The summed E-state index contributed by atoms with van der Waals surface area (Å²) in [5.41, 5.74) is 2.94. The third-order valence-corrected chi connectivity index (χ3v) is 6.72. The van der Waals surface area contributed by atoms with Crippen molar-refractivity contribution in [2.75, 3.05) is 6.54 Å². The number of hydrogen-bond acceptors (Lipinski definition) is 6. The first-order valence-electron chi connectivity index (χ1n) is 12.8. The third kappa shape index (κ3) is 7.29. The number of ether oxygens (including phenoxy) is 2. The SMILES string of the molecule is C=C(C)OC(=O)[C@H](C(C)C)N(CC1CCCC(OCc2nc(-c3ccc(C)cc3)oc2C)C1)C(C)=O. The van der Waals surface area contributed by atoms with Gasteiger partial charge in [0.05, 0.1) is 18.5 Å². The van der Waals surface area contributed by atoms with Gasteiger partial charge in [0, 0.05) is 19.0 Å². The molecule has 1 aliphatic rings. The Morgan fingerprint density at radius 1 is 1.17 bits per heavy atom. The van der Waals surface area contributed by atoms with E-state index in [9.17, 15) is 9.59 Å². The molecule has 3 rings (SSSR count). The number of aromatic nitrogens is 1. The largest absolute Gasteiger partial charge is 0.441 e. The van der Waals surface area contributed by atoms with Gasteiger partial charge in [-0.3, -0.25) is 4.79 Å². The number of rotatable bonds is 10. The zero-order chi connectivity index (χ0) is 26.4. The summed E-state index contributed by atoms with van der Waals surface area (Å²) >= 11 is 0. The standard InChI is InChI=1S/C29H40N2O5/c1-18(2)27(29(33)35-19(3)4)31(22(7)32)16-23-9-8-10-25(15-23)34-17-26-21(6)36-28(30-26)24-13-11-20(5)12-14-24/h11-14,18,23,25,27H,3,8-10,15-17H2,1-2,4-7H3/t23?,25?,27-/m0/s1. The molecule has 36 heavy (non-hydrogen) atoms. The van der Waals surface area contributed by atoms with Crippen molar-refractivity contribution in [1.82, 2.24) is 9.88 Å². The Morgan fingerprint density at radius 2 is 1.86 bits per heavy atom. The molecule has 0 N–H and O–H groups in total. The summed E-state index contributed by atoms with van der Waals surface area (Å²) in [4.78, 5) is 31.6. The van der Waals surface area contributed by atoms with Gasteiger partial charge >= 0.3 is 5.97 Å². The number of carbonyl (C=O) groups excluding carboxylic acids is 2. The van der Waals surface area contributed by atoms with E-state index in [0.29, 0.717) is 24.8 Å². The maximum absolute atomic E-state index is 12.7. The van der Waals surface area contributed by atoms with Crippen LogP contribution in [0.25, 0.3) is 11.5 Å². The van der Waals surface area contributed by atoms with Crippen molar-refractivity contribution in [2.24, 2.45) is 11.8 Å². The fraction of sp³-hybridized carbons (Fsp3) is 0.552. The van der Waals surface area contributed by atoms with Crippen LogP contribution in [0.15, 0.2) is 41.0 Å². The number of oxazole rings is 1. The molecule has 0 spiro atoms. The minimum absolute atomic E-state index is 0.0661. The van der Waals surface area contributed by atoms with Gasteiger partial charge < -0.3 is 18.8 Å². The van der Waals surface area contributed by atoms with E-state index < -0.39 is 12.0 Å². The van der Waals surface area contributed by atoms with E-state index in [1.54, 1.807) is 11.8 Å². The second-order valence-electron chi connectivity index (χ2n) is 10.3. The maximum atomic E-state index is 12.7. The molecule has 0 radical (unpaired) electrons. The highest BCUT2D eigenvalue weighted by atomic mass is 16.5. The van der Waals surface area contributed by atoms with E-state index in [1.165, 1.54) is 12.5 Å². The smallest absolute Gasteiger partial charge is 0.334 e. The van der Waals surface area contributed by atoms with E-state index in [-0.39, 0.29) is 23.8 Å². The Kier molecular flexibility index (Phi) is 9.49. The van der Waals surface area contributed by atoms with Crippen LogP contribution >= 0.6 is 0 Å². The lowest BCUT2D eigenvalue weighted by molar-refractivity contribution is -0.154. The summed E-state index contributed by atoms with van der Waals surface area (Å²) in [6.45, 7) is 15.5. The molecule has 1 aromatic heterocycles. The summed E-state index contributed by atoms with van der Waals surface area (Å²) in [5.74, 6) is 1.30. The highest BCUT2D eigenvalue weighted by molar-refractivity contribution is 5.84. The van der Waals surface area contributed by atoms with Gasteiger partial charge in [-0.15, -0.1) is 0 Å². The number of amides is 1. The topological polar surface area (TPSA) is 81.9 Å². The van der Waals surface area contributed by atoms with Crippen LogP contribution in [-0.4, -0.2) is 40.5 Å². The lowest BCUT2D eigenvalue weighted by atomic mass is 9.86. The molecule has 1 saturated carbocycles. The van der Waals surface area contributed by atoms with Gasteiger partial charge in [-0.1, -0.05) is 44.5 Å². The van der Waals surface area contributed by atoms with Gasteiger partial charge in [-0.05, 0) is 64.0 Å². The van der Waals surface area contributed by atoms with Crippen LogP contribution in [-0.2, 0) is 25.7 Å². The number of allylic oxidation sites excluding steroid dienone is 1. The highest BCUT2D eigenvalue weighted by Gasteiger charge is 2.35. The molecule has 1 aliphatic carbocycles. The van der Waals surface area contributed by atoms with E-state index in [0.717, 1.165) is 42.7 Å². The molecule has 196 valence electrons. The number of aryl methyl sites for hydroxylation is 2. The van der Waals surface area contributed by atoms with Gasteiger partial charge in [0.2, 0.25) is 11.8 Å². The molecule has 1 fully saturated rings. The predicted octanol–water partition coefficient (Wildman–Crippen LogP) is 5.98. The average molecular weight is 497 g/mol. The van der Waals surface area contributed by atoms with E-state index in [2.05, 4.69) is 11.6 Å². The van der Waals surface area contributed by atoms with Crippen LogP contribution < -0.4 is 0 Å². The van der Waals surface area contributed by atoms with Crippen LogP contribution in [0, 0.1) is 25.7 Å². The molecule has 1 amide bonds. The lowest BCUT2D eigenvalue weighted by Crippen LogP contribution is -2.50.